The van der Waals surface area contributed by atoms with Crippen molar-refractivity contribution in [1.82, 2.24) is 24.9 Å². The first-order valence-electron chi connectivity index (χ1n) is 15.1. The fourth-order valence-corrected chi connectivity index (χ4v) is 5.85. The number of carbonyl (C=O) groups is 3. The number of ether oxygens (including phenoxy) is 3. The zero-order chi connectivity index (χ0) is 31.5. The summed E-state index contributed by atoms with van der Waals surface area (Å²) in [5.74, 6) is 0.966. The third-order valence-electron chi connectivity index (χ3n) is 8.27. The van der Waals surface area contributed by atoms with Crippen molar-refractivity contribution >= 4 is 23.4 Å². The number of nitrogens with zero attached hydrogens (tertiary/aromatic N) is 3. The maximum atomic E-state index is 13.9. The fraction of sp³-hybridized carbons (Fsp3) is 0.353. The number of fused-ring (bicyclic) bond motifs is 1. The van der Waals surface area contributed by atoms with Crippen molar-refractivity contribution in [3.05, 3.63) is 88.9 Å². The lowest BCUT2D eigenvalue weighted by Gasteiger charge is -2.38. The van der Waals surface area contributed by atoms with E-state index in [0.29, 0.717) is 66.6 Å². The molecule has 5 aliphatic rings. The molecule has 7 heterocycles. The van der Waals surface area contributed by atoms with E-state index in [2.05, 4.69) is 15.6 Å². The summed E-state index contributed by atoms with van der Waals surface area (Å²) in [6, 6.07) is 16.3. The van der Waals surface area contributed by atoms with Crippen LogP contribution in [0.15, 0.2) is 60.8 Å². The lowest BCUT2D eigenvalue weighted by Crippen LogP contribution is -2.58. The Kier molecular flexibility index (Phi) is 8.59. The molecule has 11 nitrogen and oxygen atoms in total. The molecule has 0 radical (unpaired) electrons. The number of hydrogen-bond donors (Lipinski definition) is 2. The predicted octanol–water partition coefficient (Wildman–Crippen LogP) is 3.38. The molecule has 4 aromatic rings. The molecule has 3 amide bonds. The van der Waals surface area contributed by atoms with Crippen LogP contribution >= 0.6 is 0 Å². The van der Waals surface area contributed by atoms with Gasteiger partial charge in [-0.1, -0.05) is 18.2 Å². The molecule has 1 saturated heterocycles. The third-order valence-corrected chi connectivity index (χ3v) is 8.27. The summed E-state index contributed by atoms with van der Waals surface area (Å²) in [5, 5.41) is 6.03. The van der Waals surface area contributed by atoms with E-state index in [4.69, 9.17) is 14.2 Å². The fourth-order valence-electron chi connectivity index (χ4n) is 5.85. The molecule has 9 rings (SSSR count). The van der Waals surface area contributed by atoms with Crippen molar-refractivity contribution in [2.75, 3.05) is 26.8 Å². The summed E-state index contributed by atoms with van der Waals surface area (Å²) >= 11 is 0. The van der Waals surface area contributed by atoms with Gasteiger partial charge in [0.1, 0.15) is 23.2 Å². The summed E-state index contributed by atoms with van der Waals surface area (Å²) in [7, 11) is 1.53. The van der Waals surface area contributed by atoms with E-state index in [1.807, 2.05) is 73.0 Å². The molecule has 11 heteroatoms. The number of nitrogens with one attached hydrogen (secondary N) is 2. The minimum atomic E-state index is -0.505. The molecular weight excluding hydrogens is 574 g/mol. The number of carbonyl (C=O) groups excluding carboxylic acids is 3. The Morgan fingerprint density at radius 1 is 1.00 bits per heavy atom. The number of rotatable bonds is 2. The van der Waals surface area contributed by atoms with E-state index in [1.165, 1.54) is 7.11 Å². The van der Waals surface area contributed by atoms with E-state index in [-0.39, 0.29) is 30.9 Å². The number of aromatic nitrogens is 2. The zero-order valence-corrected chi connectivity index (χ0v) is 25.7. The lowest BCUT2D eigenvalue weighted by molar-refractivity contribution is -0.125. The number of aryl methyl sites for hydroxylation is 3. The SMILES string of the molecule is COc1cc2ccc1OCC(=O)N[C@@H]1CN(C(=O)c3c(C)nc4cc(C)ccn34)CC[C@H]1Oc1ccc(cc1)CNC(=O)CC2. The van der Waals surface area contributed by atoms with Crippen LogP contribution in [0.25, 0.3) is 5.65 Å². The van der Waals surface area contributed by atoms with Crippen molar-refractivity contribution in [3.8, 4) is 17.2 Å². The molecular formula is C34H37N5O6. The van der Waals surface area contributed by atoms with Gasteiger partial charge >= 0.3 is 0 Å². The Balaban J connectivity index is 1.25. The van der Waals surface area contributed by atoms with Crippen LogP contribution in [0.1, 0.15) is 45.7 Å². The molecule has 0 spiro atoms. The molecule has 2 aromatic heterocycles. The van der Waals surface area contributed by atoms with Crippen molar-refractivity contribution in [2.24, 2.45) is 0 Å². The Hall–Kier alpha value is -5.06. The Morgan fingerprint density at radius 3 is 2.60 bits per heavy atom. The summed E-state index contributed by atoms with van der Waals surface area (Å²) in [6.07, 6.45) is 2.82. The van der Waals surface area contributed by atoms with Crippen molar-refractivity contribution < 1.29 is 28.6 Å². The third kappa shape index (κ3) is 6.72. The van der Waals surface area contributed by atoms with E-state index in [9.17, 15) is 14.4 Å². The van der Waals surface area contributed by atoms with Crippen molar-refractivity contribution in [2.45, 2.75) is 51.8 Å². The van der Waals surface area contributed by atoms with Crippen LogP contribution in [-0.4, -0.2) is 71.0 Å². The quantitative estimate of drug-likeness (QED) is 0.356. The van der Waals surface area contributed by atoms with Gasteiger partial charge in [0.15, 0.2) is 18.1 Å². The van der Waals surface area contributed by atoms with Crippen LogP contribution < -0.4 is 24.8 Å². The second-order valence-electron chi connectivity index (χ2n) is 11.5. The molecule has 4 bridgehead atoms. The maximum Gasteiger partial charge on any atom is 0.272 e. The summed E-state index contributed by atoms with van der Waals surface area (Å²) < 4.78 is 19.6. The minimum absolute atomic E-state index is 0.0564. The lowest BCUT2D eigenvalue weighted by atomic mass is 10.0. The number of benzene rings is 2. The van der Waals surface area contributed by atoms with E-state index in [0.717, 1.165) is 16.7 Å². The molecule has 0 aliphatic carbocycles. The van der Waals surface area contributed by atoms with Crippen LogP contribution in [0, 0.1) is 13.8 Å². The van der Waals surface area contributed by atoms with Gasteiger partial charge in [-0.15, -0.1) is 0 Å². The maximum absolute atomic E-state index is 13.9. The Morgan fingerprint density at radius 2 is 1.80 bits per heavy atom. The highest BCUT2D eigenvalue weighted by atomic mass is 16.5. The number of pyridine rings is 1. The van der Waals surface area contributed by atoms with E-state index in [1.54, 1.807) is 11.0 Å². The average molecular weight is 612 g/mol. The standard InChI is InChI=1S/C34H37N5O6/c1-21-12-15-39-30(16-21)36-22(2)33(39)34(42)38-14-13-27-26(19-38)37-32(41)20-44-28-10-6-23(17-29(28)43-3)7-11-31(40)35-18-24-4-8-25(45-27)9-5-24/h4-6,8-10,12,15-17,26-27H,7,11,13-14,18-20H2,1-3H3,(H,35,40)(H,37,41)/t26-,27-/m1/s1. The number of amides is 3. The first-order valence-corrected chi connectivity index (χ1v) is 15.1. The molecule has 0 saturated carbocycles. The molecule has 234 valence electrons. The van der Waals surface area contributed by atoms with Gasteiger partial charge in [0.25, 0.3) is 11.8 Å². The van der Waals surface area contributed by atoms with Gasteiger partial charge in [-0.2, -0.15) is 0 Å². The first-order chi connectivity index (χ1) is 21.8. The number of hydrogen-bond acceptors (Lipinski definition) is 7. The second kappa shape index (κ2) is 12.9. The highest BCUT2D eigenvalue weighted by Crippen LogP contribution is 2.29. The number of piperidine rings is 1. The van der Waals surface area contributed by atoms with Gasteiger partial charge in [0.2, 0.25) is 5.91 Å². The van der Waals surface area contributed by atoms with Crippen LogP contribution in [0.3, 0.4) is 0 Å². The number of likely N-dealkylation sites (tertiary alicyclic amines) is 1. The molecule has 1 fully saturated rings. The molecule has 2 N–H and O–H groups in total. The molecule has 2 aromatic carbocycles. The normalized spacial score (nSPS) is 19.2. The van der Waals surface area contributed by atoms with E-state index >= 15 is 0 Å². The van der Waals surface area contributed by atoms with Crippen LogP contribution in [0.4, 0.5) is 0 Å². The van der Waals surface area contributed by atoms with Crippen molar-refractivity contribution in [1.29, 1.82) is 0 Å². The highest BCUT2D eigenvalue weighted by Gasteiger charge is 2.36. The van der Waals surface area contributed by atoms with Crippen molar-refractivity contribution in [3.63, 3.8) is 0 Å². The number of methoxy groups -OCH3 is 1. The van der Waals surface area contributed by atoms with Crippen LogP contribution in [0.2, 0.25) is 0 Å². The Labute approximate surface area is 261 Å². The van der Waals surface area contributed by atoms with Crippen LogP contribution in [0.5, 0.6) is 17.2 Å². The topological polar surface area (TPSA) is 124 Å². The highest BCUT2D eigenvalue weighted by molar-refractivity contribution is 5.95. The van der Waals surface area contributed by atoms with Gasteiger partial charge in [0.05, 0.1) is 18.8 Å². The van der Waals surface area contributed by atoms with Gasteiger partial charge < -0.3 is 29.7 Å². The summed E-state index contributed by atoms with van der Waals surface area (Å²) in [6.45, 7) is 4.66. The monoisotopic (exact) mass is 611 g/mol. The summed E-state index contributed by atoms with van der Waals surface area (Å²) in [5.41, 5.74) is 4.79. The average Bonchev–Trinajstić information content (AvgIpc) is 3.37. The summed E-state index contributed by atoms with van der Waals surface area (Å²) in [4.78, 5) is 46.0. The molecule has 45 heavy (non-hydrogen) atoms. The van der Waals surface area contributed by atoms with Gasteiger partial charge in [-0.3, -0.25) is 18.8 Å². The predicted molar refractivity (Wildman–Crippen MR) is 167 cm³/mol. The smallest absolute Gasteiger partial charge is 0.272 e. The van der Waals surface area contributed by atoms with Gasteiger partial charge in [-0.25, -0.2) is 4.98 Å². The van der Waals surface area contributed by atoms with Gasteiger partial charge in [-0.05, 0) is 73.4 Å². The second-order valence-corrected chi connectivity index (χ2v) is 11.5. The zero-order valence-electron chi connectivity index (χ0n) is 25.7. The van der Waals surface area contributed by atoms with Gasteiger partial charge in [0, 0.05) is 38.7 Å². The molecule has 2 atom stereocenters. The largest absolute Gasteiger partial charge is 0.493 e. The molecule has 0 unspecified atom stereocenters. The molecule has 5 aliphatic heterocycles. The number of imidazole rings is 1. The minimum Gasteiger partial charge on any atom is -0.493 e. The first kappa shape index (κ1) is 30.0. The van der Waals surface area contributed by atoms with E-state index < -0.39 is 12.1 Å². The Bertz CT molecular complexity index is 1730. The van der Waals surface area contributed by atoms with Crippen LogP contribution in [-0.2, 0) is 22.6 Å².